The third kappa shape index (κ3) is 2.67. The van der Waals surface area contributed by atoms with Crippen LogP contribution in [0.15, 0.2) is 54.6 Å². The number of anilines is 2. The topological polar surface area (TPSA) is 61.1 Å². The van der Waals surface area contributed by atoms with Crippen molar-refractivity contribution in [1.82, 2.24) is 4.57 Å². The standard InChI is InChI=1S/C22H20N4O/c1-14-8-10-16(11-9-14)26-21(19-12-17(13-23)25(3)15(19)2)24-20-7-5-4-6-18(20)22(26)27/h4-12,21,24H,1-3H3/t21-/m0/s1. The van der Waals surface area contributed by atoms with Crippen molar-refractivity contribution in [3.05, 3.63) is 82.7 Å². The molecule has 1 atom stereocenters. The summed E-state index contributed by atoms with van der Waals surface area (Å²) in [6.07, 6.45) is -0.386. The molecule has 0 saturated carbocycles. The van der Waals surface area contributed by atoms with Crippen molar-refractivity contribution in [2.75, 3.05) is 10.2 Å². The molecular weight excluding hydrogens is 336 g/mol. The number of hydrogen-bond acceptors (Lipinski definition) is 3. The van der Waals surface area contributed by atoms with Crippen molar-refractivity contribution in [3.8, 4) is 6.07 Å². The van der Waals surface area contributed by atoms with Crippen molar-refractivity contribution < 1.29 is 4.79 Å². The normalized spacial score (nSPS) is 15.9. The Labute approximate surface area is 158 Å². The van der Waals surface area contributed by atoms with E-state index in [9.17, 15) is 10.1 Å². The quantitative estimate of drug-likeness (QED) is 0.745. The molecule has 1 aliphatic rings. The van der Waals surface area contributed by atoms with Crippen LogP contribution in [0, 0.1) is 25.2 Å². The number of nitriles is 1. The number of carbonyl (C=O) groups excluding carboxylic acids is 1. The van der Waals surface area contributed by atoms with Crippen LogP contribution in [0.4, 0.5) is 11.4 Å². The van der Waals surface area contributed by atoms with Gasteiger partial charge in [-0.2, -0.15) is 5.26 Å². The van der Waals surface area contributed by atoms with E-state index in [4.69, 9.17) is 0 Å². The summed E-state index contributed by atoms with van der Waals surface area (Å²) in [7, 11) is 1.87. The number of aromatic nitrogens is 1. The van der Waals surface area contributed by atoms with Crippen molar-refractivity contribution in [2.45, 2.75) is 20.0 Å². The maximum Gasteiger partial charge on any atom is 0.262 e. The molecule has 3 aromatic rings. The van der Waals surface area contributed by atoms with Crippen LogP contribution in [-0.4, -0.2) is 10.5 Å². The number of carbonyl (C=O) groups is 1. The number of nitrogens with zero attached hydrogens (tertiary/aromatic N) is 3. The van der Waals surface area contributed by atoms with Crippen molar-refractivity contribution in [1.29, 1.82) is 5.26 Å². The van der Waals surface area contributed by atoms with E-state index in [1.54, 1.807) is 4.90 Å². The molecule has 1 aliphatic heterocycles. The van der Waals surface area contributed by atoms with Gasteiger partial charge in [-0.05, 0) is 44.2 Å². The number of fused-ring (bicyclic) bond motifs is 1. The fourth-order valence-corrected chi connectivity index (χ4v) is 3.55. The second kappa shape index (κ2) is 6.33. The first-order valence-electron chi connectivity index (χ1n) is 8.83. The largest absolute Gasteiger partial charge is 0.360 e. The number of hydrogen-bond donors (Lipinski definition) is 1. The van der Waals surface area contributed by atoms with Gasteiger partial charge in [-0.1, -0.05) is 29.8 Å². The van der Waals surface area contributed by atoms with Crippen LogP contribution in [0.3, 0.4) is 0 Å². The molecule has 2 heterocycles. The molecule has 1 N–H and O–H groups in total. The third-order valence-electron chi connectivity index (χ3n) is 5.22. The van der Waals surface area contributed by atoms with Gasteiger partial charge in [-0.25, -0.2) is 0 Å². The predicted octanol–water partition coefficient (Wildman–Crippen LogP) is 4.28. The smallest absolute Gasteiger partial charge is 0.262 e. The first-order valence-corrected chi connectivity index (χ1v) is 8.83. The zero-order chi connectivity index (χ0) is 19.1. The van der Waals surface area contributed by atoms with E-state index in [2.05, 4.69) is 11.4 Å². The van der Waals surface area contributed by atoms with E-state index in [-0.39, 0.29) is 12.1 Å². The van der Waals surface area contributed by atoms with E-state index < -0.39 is 0 Å². The van der Waals surface area contributed by atoms with Gasteiger partial charge in [0.2, 0.25) is 0 Å². The Morgan fingerprint density at radius 1 is 1.07 bits per heavy atom. The van der Waals surface area contributed by atoms with Crippen molar-refractivity contribution in [3.63, 3.8) is 0 Å². The summed E-state index contributed by atoms with van der Waals surface area (Å²) < 4.78 is 1.86. The summed E-state index contributed by atoms with van der Waals surface area (Å²) >= 11 is 0. The highest BCUT2D eigenvalue weighted by Crippen LogP contribution is 2.38. The van der Waals surface area contributed by atoms with Gasteiger partial charge in [0.05, 0.1) is 5.56 Å². The average Bonchev–Trinajstić information content (AvgIpc) is 2.97. The Bertz CT molecular complexity index is 1070. The summed E-state index contributed by atoms with van der Waals surface area (Å²) in [5.74, 6) is -0.0556. The molecule has 0 fully saturated rings. The summed E-state index contributed by atoms with van der Waals surface area (Å²) in [6.45, 7) is 3.99. The molecule has 0 saturated heterocycles. The molecule has 0 aliphatic carbocycles. The van der Waals surface area contributed by atoms with E-state index in [1.165, 1.54) is 0 Å². The highest BCUT2D eigenvalue weighted by Gasteiger charge is 2.35. The van der Waals surface area contributed by atoms with Crippen LogP contribution in [-0.2, 0) is 7.05 Å². The van der Waals surface area contributed by atoms with Gasteiger partial charge in [-0.15, -0.1) is 0 Å². The van der Waals surface area contributed by atoms with E-state index in [1.807, 2.05) is 80.1 Å². The molecule has 0 radical (unpaired) electrons. The number of rotatable bonds is 2. The van der Waals surface area contributed by atoms with Gasteiger partial charge >= 0.3 is 0 Å². The van der Waals surface area contributed by atoms with Crippen LogP contribution in [0.1, 0.15) is 39.0 Å². The van der Waals surface area contributed by atoms with Crippen LogP contribution < -0.4 is 10.2 Å². The lowest BCUT2D eigenvalue weighted by atomic mass is 10.0. The minimum absolute atomic E-state index is 0.0556. The molecule has 134 valence electrons. The Morgan fingerprint density at radius 2 is 1.78 bits per heavy atom. The predicted molar refractivity (Wildman–Crippen MR) is 106 cm³/mol. The molecule has 0 spiro atoms. The average molecular weight is 356 g/mol. The van der Waals surface area contributed by atoms with Crippen LogP contribution in [0.2, 0.25) is 0 Å². The Morgan fingerprint density at radius 3 is 2.44 bits per heavy atom. The van der Waals surface area contributed by atoms with Crippen LogP contribution in [0.25, 0.3) is 0 Å². The maximum absolute atomic E-state index is 13.4. The number of nitrogens with one attached hydrogen (secondary N) is 1. The SMILES string of the molecule is Cc1ccc(N2C(=O)c3ccccc3N[C@@H]2c2cc(C#N)n(C)c2C)cc1. The molecule has 4 rings (SSSR count). The van der Waals surface area contributed by atoms with E-state index >= 15 is 0 Å². The minimum Gasteiger partial charge on any atom is -0.360 e. The van der Waals surface area contributed by atoms with Crippen molar-refractivity contribution >= 4 is 17.3 Å². The molecule has 27 heavy (non-hydrogen) atoms. The van der Waals surface area contributed by atoms with E-state index in [0.29, 0.717) is 11.3 Å². The lowest BCUT2D eigenvalue weighted by molar-refractivity contribution is 0.0975. The Kier molecular flexibility index (Phi) is 3.97. The van der Waals surface area contributed by atoms with Gasteiger partial charge in [0.25, 0.3) is 5.91 Å². The van der Waals surface area contributed by atoms with Gasteiger partial charge in [0.15, 0.2) is 0 Å². The highest BCUT2D eigenvalue weighted by atomic mass is 16.2. The zero-order valence-corrected chi connectivity index (χ0v) is 15.5. The molecule has 1 aromatic heterocycles. The van der Waals surface area contributed by atoms with Gasteiger partial charge in [0.1, 0.15) is 17.9 Å². The molecule has 2 aromatic carbocycles. The molecule has 5 nitrogen and oxygen atoms in total. The van der Waals surface area contributed by atoms with E-state index in [0.717, 1.165) is 28.2 Å². The molecule has 0 bridgehead atoms. The number of amides is 1. The second-order valence-electron chi connectivity index (χ2n) is 6.84. The fraction of sp³-hybridized carbons (Fsp3) is 0.182. The molecule has 0 unspecified atom stereocenters. The maximum atomic E-state index is 13.4. The fourth-order valence-electron chi connectivity index (χ4n) is 3.55. The monoisotopic (exact) mass is 356 g/mol. The van der Waals surface area contributed by atoms with Gasteiger partial charge in [0, 0.05) is 29.7 Å². The summed E-state index contributed by atoms with van der Waals surface area (Å²) in [5, 5.41) is 12.9. The summed E-state index contributed by atoms with van der Waals surface area (Å²) in [6, 6.07) is 19.5. The second-order valence-corrected chi connectivity index (χ2v) is 6.84. The minimum atomic E-state index is -0.386. The lowest BCUT2D eigenvalue weighted by Gasteiger charge is -2.38. The highest BCUT2D eigenvalue weighted by molar-refractivity contribution is 6.12. The third-order valence-corrected chi connectivity index (χ3v) is 5.22. The number of benzene rings is 2. The Balaban J connectivity index is 1.91. The van der Waals surface area contributed by atoms with Crippen molar-refractivity contribution in [2.24, 2.45) is 7.05 Å². The molecular formula is C22H20N4O. The summed E-state index contributed by atoms with van der Waals surface area (Å²) in [5.41, 5.74) is 5.83. The summed E-state index contributed by atoms with van der Waals surface area (Å²) in [4.78, 5) is 15.1. The van der Waals surface area contributed by atoms with Crippen LogP contribution in [0.5, 0.6) is 0 Å². The first-order chi connectivity index (χ1) is 13.0. The zero-order valence-electron chi connectivity index (χ0n) is 15.5. The van der Waals surface area contributed by atoms with Gasteiger partial charge in [-0.3, -0.25) is 9.69 Å². The molecule has 5 heteroatoms. The Hall–Kier alpha value is -3.52. The number of para-hydroxylation sites is 1. The number of aryl methyl sites for hydroxylation is 1. The lowest BCUT2D eigenvalue weighted by Crippen LogP contribution is -2.43. The first kappa shape index (κ1) is 16.9. The molecule has 1 amide bonds. The van der Waals surface area contributed by atoms with Gasteiger partial charge < -0.3 is 9.88 Å². The van der Waals surface area contributed by atoms with Crippen LogP contribution >= 0.6 is 0 Å².